The van der Waals surface area contributed by atoms with Crippen LogP contribution in [0.15, 0.2) is 91.1 Å². The number of carboxylic acids is 1. The number of rotatable bonds is 8. The number of amides is 3. The lowest BCUT2D eigenvalue weighted by Crippen LogP contribution is -2.46. The Morgan fingerprint density at radius 2 is 1.57 bits per heavy atom. The summed E-state index contributed by atoms with van der Waals surface area (Å²) in [6.45, 7) is 5.39. The maximum absolute atomic E-state index is 14.0. The predicted molar refractivity (Wildman–Crippen MR) is 170 cm³/mol. The van der Waals surface area contributed by atoms with Gasteiger partial charge in [0.05, 0.1) is 31.1 Å². The summed E-state index contributed by atoms with van der Waals surface area (Å²) in [5, 5.41) is 7.42. The second-order valence-electron chi connectivity index (χ2n) is 10.5. The van der Waals surface area contributed by atoms with Gasteiger partial charge in [0.15, 0.2) is 5.82 Å². The number of nitrogens with zero attached hydrogens (tertiary/aromatic N) is 5. The van der Waals surface area contributed by atoms with Crippen LogP contribution in [0.2, 0.25) is 0 Å². The molecule has 0 spiro atoms. The molecule has 3 N–H and O–H groups in total. The fourth-order valence-corrected chi connectivity index (χ4v) is 4.72. The molecule has 0 bridgehead atoms. The number of carbonyl (C=O) groups excluding carboxylic acids is 2. The van der Waals surface area contributed by atoms with Crippen LogP contribution in [-0.2, 0) is 16.1 Å². The molecule has 3 aromatic carbocycles. The fraction of sp³-hybridized carbons (Fsp3) is 0.242. The van der Waals surface area contributed by atoms with E-state index in [9.17, 15) is 9.59 Å². The van der Waals surface area contributed by atoms with Crippen LogP contribution >= 0.6 is 0 Å². The van der Waals surface area contributed by atoms with E-state index in [2.05, 4.69) is 4.98 Å². The zero-order valence-electron chi connectivity index (χ0n) is 25.1. The van der Waals surface area contributed by atoms with Gasteiger partial charge >= 0.3 is 6.03 Å². The Kier molecular flexibility index (Phi) is 10.3. The summed E-state index contributed by atoms with van der Waals surface area (Å²) in [6.07, 6.45) is 2.19. The van der Waals surface area contributed by atoms with Gasteiger partial charge < -0.3 is 15.6 Å². The molecular formula is C33H36N6O5. The van der Waals surface area contributed by atoms with E-state index >= 15 is 0 Å². The molecule has 0 saturated heterocycles. The van der Waals surface area contributed by atoms with Crippen LogP contribution in [0.25, 0.3) is 0 Å². The van der Waals surface area contributed by atoms with Gasteiger partial charge in [0.2, 0.25) is 5.95 Å². The molecular weight excluding hydrogens is 560 g/mol. The summed E-state index contributed by atoms with van der Waals surface area (Å²) >= 11 is 0. The molecule has 11 nitrogen and oxygen atoms in total. The van der Waals surface area contributed by atoms with Gasteiger partial charge in [-0.2, -0.15) is 4.98 Å². The van der Waals surface area contributed by atoms with Crippen LogP contribution < -0.4 is 25.2 Å². The van der Waals surface area contributed by atoms with Crippen molar-refractivity contribution in [3.05, 3.63) is 96.7 Å². The first kappa shape index (κ1) is 31.6. The molecule has 3 amide bonds. The number of nitrogens with two attached hydrogens (primary N) is 1. The Morgan fingerprint density at radius 1 is 0.977 bits per heavy atom. The van der Waals surface area contributed by atoms with Gasteiger partial charge in [0.25, 0.3) is 11.9 Å². The van der Waals surface area contributed by atoms with Gasteiger partial charge in [-0.1, -0.05) is 50.2 Å². The quantitative estimate of drug-likeness (QED) is 0.256. The zero-order valence-corrected chi connectivity index (χ0v) is 25.1. The van der Waals surface area contributed by atoms with Crippen LogP contribution in [0.1, 0.15) is 32.8 Å². The van der Waals surface area contributed by atoms with Crippen molar-refractivity contribution < 1.29 is 24.2 Å². The molecule has 1 aliphatic rings. The van der Waals surface area contributed by atoms with Gasteiger partial charge in [-0.05, 0) is 60.9 Å². The van der Waals surface area contributed by atoms with Crippen molar-refractivity contribution in [2.75, 3.05) is 21.8 Å². The van der Waals surface area contributed by atoms with E-state index in [0.29, 0.717) is 35.1 Å². The van der Waals surface area contributed by atoms with E-state index in [1.165, 1.54) is 4.90 Å². The lowest BCUT2D eigenvalue weighted by Gasteiger charge is -2.36. The number of carbonyl (C=O) groups is 3. The number of anilines is 5. The zero-order chi connectivity index (χ0) is 31.8. The molecule has 1 atom stereocenters. The number of benzene rings is 3. The van der Waals surface area contributed by atoms with Crippen LogP contribution in [0.3, 0.4) is 0 Å². The summed E-state index contributed by atoms with van der Waals surface area (Å²) in [5.74, 6) is 0.352. The first-order valence-corrected chi connectivity index (χ1v) is 14.1. The fourth-order valence-electron chi connectivity index (χ4n) is 4.72. The number of urea groups is 1. The smallest absolute Gasteiger partial charge is 0.335 e. The third kappa shape index (κ3) is 7.37. The molecule has 0 fully saturated rings. The molecule has 11 heteroatoms. The average molecular weight is 597 g/mol. The number of fused-ring (bicyclic) bond motifs is 1. The topological polar surface area (TPSA) is 142 Å². The molecule has 1 aromatic heterocycles. The summed E-state index contributed by atoms with van der Waals surface area (Å²) in [5.41, 5.74) is 9.03. The van der Waals surface area contributed by atoms with Crippen molar-refractivity contribution in [2.45, 2.75) is 39.8 Å². The van der Waals surface area contributed by atoms with Gasteiger partial charge in [0, 0.05) is 24.4 Å². The van der Waals surface area contributed by atoms with Crippen LogP contribution in [0.4, 0.5) is 33.6 Å². The lowest BCUT2D eigenvalue weighted by molar-refractivity contribution is -0.134. The third-order valence-electron chi connectivity index (χ3n) is 6.67. The minimum Gasteiger partial charge on any atom is -0.497 e. The summed E-state index contributed by atoms with van der Waals surface area (Å²) < 4.78 is 5.28. The predicted octanol–water partition coefficient (Wildman–Crippen LogP) is 5.89. The molecule has 0 saturated carbocycles. The Hall–Kier alpha value is -5.29. The number of para-hydroxylation sites is 2. The summed E-state index contributed by atoms with van der Waals surface area (Å²) in [6, 6.07) is 24.8. The number of hydrogen-bond acceptors (Lipinski definition) is 7. The minimum absolute atomic E-state index is 0.154. The van der Waals surface area contributed by atoms with Crippen LogP contribution in [-0.4, -0.2) is 46.1 Å². The SMILES string of the molecule is CC(=O)O.COc1ccc(N2Cc3cnc(N(C(=O)[C@@H](N)CC(C)C)c4ccccc4)nc3N(c3ccccc3)C2=O)cc1. The van der Waals surface area contributed by atoms with E-state index in [-0.39, 0.29) is 30.3 Å². The molecule has 1 aliphatic heterocycles. The van der Waals surface area contributed by atoms with Crippen molar-refractivity contribution in [1.82, 2.24) is 9.97 Å². The monoisotopic (exact) mass is 596 g/mol. The number of aliphatic carboxylic acids is 1. The molecule has 44 heavy (non-hydrogen) atoms. The first-order valence-electron chi connectivity index (χ1n) is 14.1. The van der Waals surface area contributed by atoms with E-state index in [4.69, 9.17) is 25.4 Å². The van der Waals surface area contributed by atoms with Gasteiger partial charge in [-0.3, -0.25) is 14.5 Å². The largest absolute Gasteiger partial charge is 0.497 e. The van der Waals surface area contributed by atoms with E-state index in [0.717, 1.165) is 12.5 Å². The second kappa shape index (κ2) is 14.3. The van der Waals surface area contributed by atoms with Crippen molar-refractivity contribution in [2.24, 2.45) is 11.7 Å². The van der Waals surface area contributed by atoms with E-state index in [1.54, 1.807) is 23.1 Å². The molecule has 0 aliphatic carbocycles. The van der Waals surface area contributed by atoms with Crippen molar-refractivity contribution in [3.63, 3.8) is 0 Å². The second-order valence-corrected chi connectivity index (χ2v) is 10.5. The lowest BCUT2D eigenvalue weighted by atomic mass is 10.0. The molecule has 0 unspecified atom stereocenters. The molecule has 0 radical (unpaired) electrons. The maximum Gasteiger partial charge on any atom is 0.335 e. The standard InChI is InChI=1S/C31H32N6O3.C2H4O2/c1-21(2)18-27(32)29(38)37(25-12-8-5-9-13-25)30-33-19-22-20-35(23-14-16-26(40-3)17-15-23)31(39)36(28(22)34-30)24-10-6-4-7-11-24;1-2(3)4/h4-17,19,21,27H,18,20,32H2,1-3H3;1H3,(H,3,4)/t27-;/m0./s1. The van der Waals surface area contributed by atoms with Crippen molar-refractivity contribution >= 4 is 46.7 Å². The summed E-state index contributed by atoms with van der Waals surface area (Å²) in [4.78, 5) is 50.8. The molecule has 5 rings (SSSR count). The van der Waals surface area contributed by atoms with Crippen LogP contribution in [0, 0.1) is 5.92 Å². The maximum atomic E-state index is 14.0. The van der Waals surface area contributed by atoms with Gasteiger partial charge in [0.1, 0.15) is 5.75 Å². The molecule has 2 heterocycles. The molecule has 4 aromatic rings. The highest BCUT2D eigenvalue weighted by Gasteiger charge is 2.36. The van der Waals surface area contributed by atoms with Crippen molar-refractivity contribution in [3.8, 4) is 5.75 Å². The Bertz CT molecular complexity index is 1580. The highest BCUT2D eigenvalue weighted by Crippen LogP contribution is 2.37. The Labute approximate surface area is 256 Å². The van der Waals surface area contributed by atoms with E-state index in [1.807, 2.05) is 98.8 Å². The first-order chi connectivity index (χ1) is 21.1. The highest BCUT2D eigenvalue weighted by molar-refractivity contribution is 6.10. The van der Waals surface area contributed by atoms with Crippen molar-refractivity contribution in [1.29, 1.82) is 0 Å². The number of methoxy groups -OCH3 is 1. The third-order valence-corrected chi connectivity index (χ3v) is 6.67. The Balaban J connectivity index is 0.00000104. The number of ether oxygens (including phenoxy) is 1. The van der Waals surface area contributed by atoms with Crippen LogP contribution in [0.5, 0.6) is 5.75 Å². The molecule has 228 valence electrons. The highest BCUT2D eigenvalue weighted by atomic mass is 16.5. The van der Waals surface area contributed by atoms with Gasteiger partial charge in [-0.15, -0.1) is 0 Å². The van der Waals surface area contributed by atoms with Gasteiger partial charge in [-0.25, -0.2) is 19.6 Å². The Morgan fingerprint density at radius 3 is 2.14 bits per heavy atom. The number of aromatic nitrogens is 2. The van der Waals surface area contributed by atoms with E-state index < -0.39 is 12.0 Å². The minimum atomic E-state index is -0.833. The summed E-state index contributed by atoms with van der Waals surface area (Å²) in [7, 11) is 1.60. The average Bonchev–Trinajstić information content (AvgIpc) is 3.01. The normalized spacial score (nSPS) is 13.0. The number of carboxylic acid groups (broad SMARTS) is 1. The number of hydrogen-bond donors (Lipinski definition) is 2.